The van der Waals surface area contributed by atoms with Crippen molar-refractivity contribution >= 4 is 8.80 Å². The number of nitrogens with zero attached hydrogens (tertiary/aromatic N) is 6. The maximum absolute atomic E-state index is 6.00. The molecule has 0 saturated heterocycles. The molecule has 0 spiro atoms. The van der Waals surface area contributed by atoms with E-state index in [1.54, 1.807) is 0 Å². The number of H-pyrrole nitrogens is 2. The van der Waals surface area contributed by atoms with Gasteiger partial charge in [0.25, 0.3) is 0 Å². The van der Waals surface area contributed by atoms with Crippen LogP contribution in [0.15, 0.2) is 0 Å². The molecule has 0 aliphatic carbocycles. The maximum Gasteiger partial charge on any atom is 0.500 e. The second-order valence-corrected chi connectivity index (χ2v) is 11.7. The summed E-state index contributed by atoms with van der Waals surface area (Å²) in [6, 6.07) is 0.829. The minimum absolute atomic E-state index is 0.334. The van der Waals surface area contributed by atoms with Crippen LogP contribution in [0.3, 0.4) is 0 Å². The van der Waals surface area contributed by atoms with Crippen molar-refractivity contribution < 1.29 is 13.3 Å². The van der Waals surface area contributed by atoms with E-state index >= 15 is 0 Å². The standard InChI is InChI=1S/C23H46N8O3Si/c1-4-32-35(33-5-2,34-6-3)20-16-18-21(23-26-30-31-27-23)17-14-12-10-8-7-9-11-13-15-19-22-24-28-29-25-22/h21H,4-20H2,1-3H3,(H,24,25,28,29)(H,26,27,30,31). The van der Waals surface area contributed by atoms with E-state index in [1.807, 2.05) is 20.8 Å². The Kier molecular flexibility index (Phi) is 15.6. The molecule has 0 aliphatic heterocycles. The van der Waals surface area contributed by atoms with Gasteiger partial charge >= 0.3 is 8.80 Å². The first-order chi connectivity index (χ1) is 17.2. The van der Waals surface area contributed by atoms with Crippen molar-refractivity contribution in [3.05, 3.63) is 11.6 Å². The van der Waals surface area contributed by atoms with Crippen LogP contribution in [0, 0.1) is 0 Å². The predicted octanol–water partition coefficient (Wildman–Crippen LogP) is 4.77. The third kappa shape index (κ3) is 12.2. The van der Waals surface area contributed by atoms with E-state index in [0.29, 0.717) is 25.7 Å². The Labute approximate surface area is 211 Å². The summed E-state index contributed by atoms with van der Waals surface area (Å²) < 4.78 is 18.0. The maximum atomic E-state index is 6.00. The van der Waals surface area contributed by atoms with Crippen LogP contribution in [0.2, 0.25) is 6.04 Å². The number of unbranched alkanes of at least 4 members (excludes halogenated alkanes) is 8. The molecule has 2 aromatic heterocycles. The Morgan fingerprint density at radius 2 is 1.20 bits per heavy atom. The van der Waals surface area contributed by atoms with Gasteiger partial charge in [0.15, 0.2) is 5.82 Å². The molecule has 0 amide bonds. The van der Waals surface area contributed by atoms with Crippen molar-refractivity contribution in [3.8, 4) is 0 Å². The first-order valence-corrected chi connectivity index (χ1v) is 15.5. The topological polar surface area (TPSA) is 137 Å². The average Bonchev–Trinajstić information content (AvgIpc) is 3.56. The summed E-state index contributed by atoms with van der Waals surface area (Å²) in [5.41, 5.74) is 0. The third-order valence-corrected chi connectivity index (χ3v) is 9.38. The van der Waals surface area contributed by atoms with Crippen LogP contribution >= 0.6 is 0 Å². The fourth-order valence-electron chi connectivity index (χ4n) is 4.53. The minimum Gasteiger partial charge on any atom is -0.374 e. The quantitative estimate of drug-likeness (QED) is 0.160. The second kappa shape index (κ2) is 18.5. The fraction of sp³-hybridized carbons (Fsp3) is 0.913. The van der Waals surface area contributed by atoms with Crippen LogP contribution in [-0.4, -0.2) is 69.9 Å². The number of hydrogen-bond acceptors (Lipinski definition) is 9. The van der Waals surface area contributed by atoms with Crippen molar-refractivity contribution in [3.63, 3.8) is 0 Å². The lowest BCUT2D eigenvalue weighted by atomic mass is 9.95. The SMILES string of the molecule is CCO[Si](CCCC(CCCCCCCCCCCc1nnn[nH]1)c1nnn[nH]1)(OCC)OCC. The van der Waals surface area contributed by atoms with E-state index < -0.39 is 8.80 Å². The molecule has 0 fully saturated rings. The molecule has 2 N–H and O–H groups in total. The highest BCUT2D eigenvalue weighted by atomic mass is 28.4. The van der Waals surface area contributed by atoms with Crippen molar-refractivity contribution in [2.24, 2.45) is 0 Å². The van der Waals surface area contributed by atoms with E-state index in [2.05, 4.69) is 41.2 Å². The van der Waals surface area contributed by atoms with Gasteiger partial charge in [0.2, 0.25) is 0 Å². The monoisotopic (exact) mass is 510 g/mol. The normalized spacial score (nSPS) is 12.9. The van der Waals surface area contributed by atoms with Crippen LogP contribution in [0.5, 0.6) is 0 Å². The van der Waals surface area contributed by atoms with Crippen molar-refractivity contribution in [1.82, 2.24) is 41.2 Å². The molecule has 0 bridgehead atoms. The number of nitrogens with one attached hydrogen (secondary N) is 2. The molecule has 1 atom stereocenters. The number of tetrazole rings is 2. The highest BCUT2D eigenvalue weighted by Crippen LogP contribution is 2.28. The Balaban J connectivity index is 1.60. The zero-order valence-corrected chi connectivity index (χ0v) is 23.0. The van der Waals surface area contributed by atoms with Gasteiger partial charge in [-0.15, -0.1) is 10.2 Å². The molecule has 0 saturated carbocycles. The number of aromatic amines is 2. The highest BCUT2D eigenvalue weighted by molar-refractivity contribution is 6.60. The molecule has 11 nitrogen and oxygen atoms in total. The van der Waals surface area contributed by atoms with Gasteiger partial charge in [0.05, 0.1) is 0 Å². The van der Waals surface area contributed by atoms with Gasteiger partial charge in [0.1, 0.15) is 5.82 Å². The van der Waals surface area contributed by atoms with Gasteiger partial charge < -0.3 is 13.3 Å². The summed E-state index contributed by atoms with van der Waals surface area (Å²) in [4.78, 5) is 0. The second-order valence-electron chi connectivity index (χ2n) is 8.93. The highest BCUT2D eigenvalue weighted by Gasteiger charge is 2.39. The number of aromatic nitrogens is 8. The molecule has 0 aromatic carbocycles. The Morgan fingerprint density at radius 1 is 0.657 bits per heavy atom. The molecule has 2 rings (SSSR count). The Bertz CT molecular complexity index is 703. The zero-order valence-electron chi connectivity index (χ0n) is 22.0. The molecule has 200 valence electrons. The van der Waals surface area contributed by atoms with Crippen molar-refractivity contribution in [1.29, 1.82) is 0 Å². The molecular weight excluding hydrogens is 464 g/mol. The number of rotatable bonds is 23. The predicted molar refractivity (Wildman–Crippen MR) is 136 cm³/mol. The smallest absolute Gasteiger partial charge is 0.374 e. The lowest BCUT2D eigenvalue weighted by molar-refractivity contribution is 0.0705. The van der Waals surface area contributed by atoms with Gasteiger partial charge in [-0.1, -0.05) is 51.4 Å². The third-order valence-electron chi connectivity index (χ3n) is 6.23. The van der Waals surface area contributed by atoms with Crippen LogP contribution in [0.1, 0.15) is 115 Å². The van der Waals surface area contributed by atoms with Crippen LogP contribution < -0.4 is 0 Å². The van der Waals surface area contributed by atoms with Gasteiger partial charge in [0, 0.05) is 38.2 Å². The minimum atomic E-state index is -2.60. The lowest BCUT2D eigenvalue weighted by Gasteiger charge is -2.28. The van der Waals surface area contributed by atoms with E-state index in [4.69, 9.17) is 13.3 Å². The van der Waals surface area contributed by atoms with Gasteiger partial charge in [-0.3, -0.25) is 0 Å². The fourth-order valence-corrected chi connectivity index (χ4v) is 7.17. The molecule has 12 heteroatoms. The lowest BCUT2D eigenvalue weighted by Crippen LogP contribution is -2.45. The molecule has 2 heterocycles. The Morgan fingerprint density at radius 3 is 1.74 bits per heavy atom. The van der Waals surface area contributed by atoms with E-state index in [0.717, 1.165) is 49.8 Å². The molecule has 1 unspecified atom stereocenters. The summed E-state index contributed by atoms with van der Waals surface area (Å²) in [6.45, 7) is 7.84. The first-order valence-electron chi connectivity index (χ1n) is 13.6. The molecule has 35 heavy (non-hydrogen) atoms. The summed E-state index contributed by atoms with van der Waals surface area (Å²) in [6.07, 6.45) is 15.4. The zero-order chi connectivity index (χ0) is 25.0. The summed E-state index contributed by atoms with van der Waals surface area (Å²) in [5, 5.41) is 28.8. The van der Waals surface area contributed by atoms with E-state index in [9.17, 15) is 0 Å². The molecule has 0 aliphatic rings. The number of hydrogen-bond donors (Lipinski definition) is 2. The van der Waals surface area contributed by atoms with Crippen LogP contribution in [-0.2, 0) is 19.7 Å². The van der Waals surface area contributed by atoms with Gasteiger partial charge in [-0.05, 0) is 67.3 Å². The van der Waals surface area contributed by atoms with Crippen molar-refractivity contribution in [2.45, 2.75) is 116 Å². The summed E-state index contributed by atoms with van der Waals surface area (Å²) in [7, 11) is -2.60. The van der Waals surface area contributed by atoms with E-state index in [-0.39, 0.29) is 0 Å². The molecular formula is C23H46N8O3Si. The summed E-state index contributed by atoms with van der Waals surface area (Å²) in [5.74, 6) is 2.12. The van der Waals surface area contributed by atoms with E-state index in [1.165, 1.54) is 51.4 Å². The number of aryl methyl sites for hydroxylation is 1. The van der Waals surface area contributed by atoms with Crippen molar-refractivity contribution in [2.75, 3.05) is 19.8 Å². The van der Waals surface area contributed by atoms with Crippen LogP contribution in [0.25, 0.3) is 0 Å². The molecule has 2 aromatic rings. The van der Waals surface area contributed by atoms with Gasteiger partial charge in [-0.25, -0.2) is 10.2 Å². The van der Waals surface area contributed by atoms with Gasteiger partial charge in [-0.2, -0.15) is 0 Å². The van der Waals surface area contributed by atoms with Crippen LogP contribution in [0.4, 0.5) is 0 Å². The average molecular weight is 511 g/mol. The largest absolute Gasteiger partial charge is 0.500 e. The Hall–Kier alpha value is -1.76. The first kappa shape index (κ1) is 29.5. The summed E-state index contributed by atoms with van der Waals surface area (Å²) >= 11 is 0. The molecule has 0 radical (unpaired) electrons.